The van der Waals surface area contributed by atoms with Gasteiger partial charge < -0.3 is 15.6 Å². The lowest BCUT2D eigenvalue weighted by Gasteiger charge is -2.34. The number of rotatable bonds is 5. The summed E-state index contributed by atoms with van der Waals surface area (Å²) in [7, 11) is 0. The van der Waals surface area contributed by atoms with E-state index in [1.165, 1.54) is 6.42 Å². The molecule has 1 fully saturated rings. The van der Waals surface area contributed by atoms with E-state index in [9.17, 15) is 4.79 Å². The summed E-state index contributed by atoms with van der Waals surface area (Å²) in [4.78, 5) is 14.2. The van der Waals surface area contributed by atoms with E-state index in [-0.39, 0.29) is 5.91 Å². The molecule has 0 aliphatic carbocycles. The van der Waals surface area contributed by atoms with Crippen LogP contribution in [0.2, 0.25) is 0 Å². The molecular formula is C13H22N4O2. The van der Waals surface area contributed by atoms with Gasteiger partial charge in [0.1, 0.15) is 5.76 Å². The van der Waals surface area contributed by atoms with Gasteiger partial charge in [-0.05, 0) is 39.3 Å². The molecular weight excluding hydrogens is 244 g/mol. The van der Waals surface area contributed by atoms with E-state index in [0.29, 0.717) is 30.7 Å². The number of nitrogens with one attached hydrogen (secondary N) is 1. The minimum Gasteiger partial charge on any atom is -0.360 e. The number of likely N-dealkylation sites (tertiary alicyclic amines) is 1. The second-order valence-corrected chi connectivity index (χ2v) is 5.07. The Morgan fingerprint density at radius 3 is 3.16 bits per heavy atom. The third-order valence-electron chi connectivity index (χ3n) is 3.49. The van der Waals surface area contributed by atoms with Gasteiger partial charge in [0.25, 0.3) is 0 Å². The molecule has 1 aliphatic heterocycles. The normalized spacial score (nSPS) is 20.4. The predicted molar refractivity (Wildman–Crippen MR) is 72.8 cm³/mol. The maximum absolute atomic E-state index is 12.0. The van der Waals surface area contributed by atoms with Crippen molar-refractivity contribution < 1.29 is 9.32 Å². The number of nitrogens with zero attached hydrogens (tertiary/aromatic N) is 2. The number of nitrogens with two attached hydrogens (primary N) is 1. The number of carbonyl (C=O) groups is 1. The smallest absolute Gasteiger partial charge is 0.239 e. The Bertz CT molecular complexity index is 417. The maximum Gasteiger partial charge on any atom is 0.239 e. The maximum atomic E-state index is 12.0. The first-order chi connectivity index (χ1) is 9.19. The Kier molecular flexibility index (Phi) is 4.93. The van der Waals surface area contributed by atoms with Crippen LogP contribution in [-0.2, 0) is 4.79 Å². The number of aryl methyl sites for hydroxylation is 1. The van der Waals surface area contributed by atoms with Gasteiger partial charge in [-0.15, -0.1) is 0 Å². The van der Waals surface area contributed by atoms with Gasteiger partial charge in [-0.25, -0.2) is 0 Å². The highest BCUT2D eigenvalue weighted by atomic mass is 16.5. The Morgan fingerprint density at radius 1 is 1.63 bits per heavy atom. The van der Waals surface area contributed by atoms with Crippen molar-refractivity contribution in [2.24, 2.45) is 5.73 Å². The lowest BCUT2D eigenvalue weighted by Crippen LogP contribution is -2.44. The third-order valence-corrected chi connectivity index (χ3v) is 3.49. The zero-order chi connectivity index (χ0) is 13.7. The number of hydrogen-bond acceptors (Lipinski definition) is 5. The quantitative estimate of drug-likeness (QED) is 0.834. The molecule has 1 aromatic rings. The van der Waals surface area contributed by atoms with Crippen molar-refractivity contribution in [3.05, 3.63) is 11.8 Å². The van der Waals surface area contributed by atoms with Crippen molar-refractivity contribution in [2.45, 2.75) is 38.6 Å². The largest absolute Gasteiger partial charge is 0.360 e. The van der Waals surface area contributed by atoms with E-state index in [4.69, 9.17) is 10.3 Å². The zero-order valence-corrected chi connectivity index (χ0v) is 11.4. The van der Waals surface area contributed by atoms with Crippen LogP contribution in [-0.4, -0.2) is 41.6 Å². The highest BCUT2D eigenvalue weighted by Gasteiger charge is 2.23. The molecule has 1 atom stereocenters. The van der Waals surface area contributed by atoms with Gasteiger partial charge in [0.15, 0.2) is 5.82 Å². The molecule has 6 heteroatoms. The van der Waals surface area contributed by atoms with E-state index in [1.54, 1.807) is 13.0 Å². The third kappa shape index (κ3) is 4.04. The molecule has 6 nitrogen and oxygen atoms in total. The molecule has 1 aliphatic rings. The lowest BCUT2D eigenvalue weighted by atomic mass is 9.99. The van der Waals surface area contributed by atoms with Gasteiger partial charge in [0, 0.05) is 12.1 Å². The fraction of sp³-hybridized carbons (Fsp3) is 0.692. The highest BCUT2D eigenvalue weighted by Crippen LogP contribution is 2.19. The lowest BCUT2D eigenvalue weighted by molar-refractivity contribution is -0.118. The first-order valence-corrected chi connectivity index (χ1v) is 6.86. The molecule has 0 bridgehead atoms. The summed E-state index contributed by atoms with van der Waals surface area (Å²) in [5, 5.41) is 6.51. The van der Waals surface area contributed by atoms with Crippen molar-refractivity contribution in [1.29, 1.82) is 0 Å². The van der Waals surface area contributed by atoms with Crippen molar-refractivity contribution >= 4 is 11.7 Å². The van der Waals surface area contributed by atoms with Crippen LogP contribution in [0.15, 0.2) is 10.6 Å². The summed E-state index contributed by atoms with van der Waals surface area (Å²) in [6, 6.07) is 2.15. The summed E-state index contributed by atoms with van der Waals surface area (Å²) >= 11 is 0. The van der Waals surface area contributed by atoms with Gasteiger partial charge in [-0.3, -0.25) is 9.69 Å². The van der Waals surface area contributed by atoms with Crippen LogP contribution in [0.5, 0.6) is 0 Å². The minimum absolute atomic E-state index is 0.0442. The second kappa shape index (κ2) is 6.68. The number of anilines is 1. The molecule has 106 valence electrons. The average Bonchev–Trinajstić information content (AvgIpc) is 2.77. The average molecular weight is 266 g/mol. The SMILES string of the molecule is Cc1cc(NC(=O)CN2CCCCC2CCN)no1. The standard InChI is InChI=1S/C13H22N4O2/c1-10-8-12(16-19-10)15-13(18)9-17-7-3-2-4-11(17)5-6-14/h8,11H,2-7,9,14H2,1H3,(H,15,16,18). The Hall–Kier alpha value is -1.40. The molecule has 1 aromatic heterocycles. The Labute approximate surface area is 113 Å². The number of piperidine rings is 1. The number of amides is 1. The van der Waals surface area contributed by atoms with Crippen molar-refractivity contribution in [3.8, 4) is 0 Å². The van der Waals surface area contributed by atoms with Crippen LogP contribution in [0.25, 0.3) is 0 Å². The number of hydrogen-bond donors (Lipinski definition) is 2. The molecule has 2 rings (SSSR count). The van der Waals surface area contributed by atoms with Crippen LogP contribution < -0.4 is 11.1 Å². The molecule has 1 saturated heterocycles. The van der Waals surface area contributed by atoms with E-state index in [1.807, 2.05) is 0 Å². The van der Waals surface area contributed by atoms with Crippen LogP contribution >= 0.6 is 0 Å². The van der Waals surface area contributed by atoms with E-state index in [0.717, 1.165) is 25.8 Å². The first-order valence-electron chi connectivity index (χ1n) is 6.86. The molecule has 1 amide bonds. The van der Waals surface area contributed by atoms with Crippen LogP contribution in [0.1, 0.15) is 31.4 Å². The summed E-state index contributed by atoms with van der Waals surface area (Å²) in [6.45, 7) is 3.84. The second-order valence-electron chi connectivity index (χ2n) is 5.07. The minimum atomic E-state index is -0.0442. The van der Waals surface area contributed by atoms with Crippen LogP contribution in [0.3, 0.4) is 0 Å². The highest BCUT2D eigenvalue weighted by molar-refractivity contribution is 5.91. The summed E-state index contributed by atoms with van der Waals surface area (Å²) < 4.78 is 4.92. The monoisotopic (exact) mass is 266 g/mol. The van der Waals surface area contributed by atoms with Gasteiger partial charge in [0.05, 0.1) is 6.54 Å². The molecule has 3 N–H and O–H groups in total. The zero-order valence-electron chi connectivity index (χ0n) is 11.4. The summed E-state index contributed by atoms with van der Waals surface area (Å²) in [6.07, 6.45) is 4.46. The predicted octanol–water partition coefficient (Wildman–Crippen LogP) is 1.12. The molecule has 0 spiro atoms. The number of aromatic nitrogens is 1. The van der Waals surface area contributed by atoms with Crippen molar-refractivity contribution in [2.75, 3.05) is 25.0 Å². The summed E-state index contributed by atoms with van der Waals surface area (Å²) in [5.41, 5.74) is 5.63. The topological polar surface area (TPSA) is 84.4 Å². The molecule has 0 saturated carbocycles. The summed E-state index contributed by atoms with van der Waals surface area (Å²) in [5.74, 6) is 1.13. The molecule has 0 radical (unpaired) electrons. The van der Waals surface area contributed by atoms with Crippen molar-refractivity contribution in [1.82, 2.24) is 10.1 Å². The van der Waals surface area contributed by atoms with Gasteiger partial charge >= 0.3 is 0 Å². The van der Waals surface area contributed by atoms with E-state index < -0.39 is 0 Å². The molecule has 1 unspecified atom stereocenters. The van der Waals surface area contributed by atoms with Crippen LogP contribution in [0.4, 0.5) is 5.82 Å². The first kappa shape index (κ1) is 14.0. The van der Waals surface area contributed by atoms with Gasteiger partial charge in [-0.1, -0.05) is 11.6 Å². The van der Waals surface area contributed by atoms with Gasteiger partial charge in [-0.2, -0.15) is 0 Å². The fourth-order valence-corrected chi connectivity index (χ4v) is 2.58. The molecule has 2 heterocycles. The Morgan fingerprint density at radius 2 is 2.47 bits per heavy atom. The Balaban J connectivity index is 1.86. The van der Waals surface area contributed by atoms with E-state index in [2.05, 4.69) is 15.4 Å². The van der Waals surface area contributed by atoms with Gasteiger partial charge in [0.2, 0.25) is 5.91 Å². The fourth-order valence-electron chi connectivity index (χ4n) is 2.58. The number of carbonyl (C=O) groups excluding carboxylic acids is 1. The van der Waals surface area contributed by atoms with E-state index >= 15 is 0 Å². The molecule has 19 heavy (non-hydrogen) atoms. The van der Waals surface area contributed by atoms with Crippen LogP contribution in [0, 0.1) is 6.92 Å². The van der Waals surface area contributed by atoms with Crippen molar-refractivity contribution in [3.63, 3.8) is 0 Å². The molecule has 0 aromatic carbocycles.